The summed E-state index contributed by atoms with van der Waals surface area (Å²) in [6.45, 7) is 6.65. The Kier molecular flexibility index (Phi) is 5.28. The maximum atomic E-state index is 8.37. The van der Waals surface area contributed by atoms with Crippen LogP contribution in [0.5, 0.6) is 0 Å². The number of hydrogen-bond donors (Lipinski definition) is 0. The molecule has 0 atom stereocenters. The fourth-order valence-corrected chi connectivity index (χ4v) is 5.77. The number of rotatable bonds is 3. The molecule has 0 amide bonds. The number of aryl methyl sites for hydroxylation is 3. The molecule has 1 aromatic heterocycles. The zero-order valence-corrected chi connectivity index (χ0v) is 23.3. The first-order valence-electron chi connectivity index (χ1n) is 15.1. The van der Waals surface area contributed by atoms with Gasteiger partial charge in [0.25, 0.3) is 0 Å². The zero-order chi connectivity index (χ0) is 29.8. The average molecular weight is 510 g/mol. The predicted molar refractivity (Wildman–Crippen MR) is 167 cm³/mol. The number of pyridine rings is 1. The van der Waals surface area contributed by atoms with Crippen molar-refractivity contribution in [3.05, 3.63) is 126 Å². The van der Waals surface area contributed by atoms with E-state index in [0.29, 0.717) is 5.56 Å². The Morgan fingerprint density at radius 1 is 0.641 bits per heavy atom. The molecule has 192 valence electrons. The van der Waals surface area contributed by atoms with Crippen LogP contribution in [0.25, 0.3) is 55.1 Å². The maximum Gasteiger partial charge on any atom is 0.213 e. The second kappa shape index (κ2) is 9.50. The van der Waals surface area contributed by atoms with E-state index in [4.69, 9.17) is 4.11 Å². The molecule has 1 heterocycles. The van der Waals surface area contributed by atoms with Crippen molar-refractivity contribution in [2.24, 2.45) is 7.05 Å². The van der Waals surface area contributed by atoms with Gasteiger partial charge in [-0.25, -0.2) is 4.57 Å². The van der Waals surface area contributed by atoms with E-state index in [1.165, 1.54) is 32.7 Å². The van der Waals surface area contributed by atoms with E-state index in [1.54, 1.807) is 6.20 Å². The number of aromatic nitrogens is 1. The van der Waals surface area contributed by atoms with Crippen molar-refractivity contribution in [1.29, 1.82) is 0 Å². The van der Waals surface area contributed by atoms with Crippen molar-refractivity contribution >= 4 is 21.5 Å². The molecule has 0 fully saturated rings. The van der Waals surface area contributed by atoms with Crippen LogP contribution in [0.3, 0.4) is 0 Å². The molecular formula is C38H36N+. The molecule has 1 nitrogen and oxygen atoms in total. The molecule has 0 unspecified atom stereocenters. The first kappa shape index (κ1) is 21.7. The molecular weight excluding hydrogens is 470 g/mol. The highest BCUT2D eigenvalue weighted by molar-refractivity contribution is 5.94. The minimum atomic E-state index is -2.25. The summed E-state index contributed by atoms with van der Waals surface area (Å²) >= 11 is 0. The van der Waals surface area contributed by atoms with Crippen LogP contribution in [0.4, 0.5) is 0 Å². The molecule has 5 aromatic carbocycles. The molecule has 0 N–H and O–H groups in total. The summed E-state index contributed by atoms with van der Waals surface area (Å²) in [6, 6.07) is 36.1. The minimum Gasteiger partial charge on any atom is -0.201 e. The maximum absolute atomic E-state index is 8.37. The summed E-state index contributed by atoms with van der Waals surface area (Å²) in [5.74, 6) is 0. The van der Waals surface area contributed by atoms with E-state index < -0.39 is 6.85 Å². The van der Waals surface area contributed by atoms with Crippen molar-refractivity contribution in [3.8, 4) is 33.5 Å². The van der Waals surface area contributed by atoms with Gasteiger partial charge in [-0.2, -0.15) is 0 Å². The van der Waals surface area contributed by atoms with Gasteiger partial charge in [0.1, 0.15) is 7.05 Å². The van der Waals surface area contributed by atoms with Crippen molar-refractivity contribution in [2.75, 3.05) is 0 Å². The van der Waals surface area contributed by atoms with E-state index in [0.717, 1.165) is 33.5 Å². The molecule has 0 saturated heterocycles. The van der Waals surface area contributed by atoms with E-state index in [-0.39, 0.29) is 5.41 Å². The number of hydrogen-bond acceptors (Lipinski definition) is 0. The molecule has 39 heavy (non-hydrogen) atoms. The predicted octanol–water partition coefficient (Wildman–Crippen LogP) is 9.73. The van der Waals surface area contributed by atoms with Crippen LogP contribution in [-0.2, 0) is 12.5 Å². The first-order valence-corrected chi connectivity index (χ1v) is 13.6. The fraction of sp³-hybridized carbons (Fsp3) is 0.184. The Labute approximate surface area is 236 Å². The SMILES string of the molecule is [2H]C([2H])([2H])c1c[n+](C)c(-c2cc(C(C)(C)C)c3ccccc3c2C)cc1-c1ccc(-c2ccc3ccccc3c2)cc1. The molecule has 0 aliphatic carbocycles. The molecule has 6 aromatic rings. The van der Waals surface area contributed by atoms with Crippen LogP contribution < -0.4 is 4.57 Å². The van der Waals surface area contributed by atoms with Gasteiger partial charge in [0, 0.05) is 21.3 Å². The van der Waals surface area contributed by atoms with Gasteiger partial charge in [0.15, 0.2) is 6.20 Å². The minimum absolute atomic E-state index is 0.0549. The molecule has 1 heteroatoms. The van der Waals surface area contributed by atoms with Crippen LogP contribution in [-0.4, -0.2) is 0 Å². The quantitative estimate of drug-likeness (QED) is 0.209. The Balaban J connectivity index is 1.52. The standard InChI is InChI=1S/C38H36N/c1-25-24-39(6)37(35-22-36(38(3,4)5)33-14-10-9-13-32(33)26(35)2)23-34(25)29-18-15-28(16-19-29)31-20-17-27-11-7-8-12-30(27)21-31/h7-24H,1-6H3/q+1/i1D3. The highest BCUT2D eigenvalue weighted by atomic mass is 14.9. The highest BCUT2D eigenvalue weighted by Crippen LogP contribution is 2.38. The lowest BCUT2D eigenvalue weighted by atomic mass is 9.80. The lowest BCUT2D eigenvalue weighted by molar-refractivity contribution is -0.660. The summed E-state index contributed by atoms with van der Waals surface area (Å²) in [6.07, 6.45) is 1.79. The molecule has 6 rings (SSSR count). The molecule has 0 saturated carbocycles. The Hall–Kier alpha value is -4.23. The summed E-state index contributed by atoms with van der Waals surface area (Å²) in [5, 5.41) is 4.89. The van der Waals surface area contributed by atoms with Gasteiger partial charge in [-0.05, 0) is 86.2 Å². The smallest absolute Gasteiger partial charge is 0.201 e. The van der Waals surface area contributed by atoms with Crippen molar-refractivity contribution in [2.45, 2.75) is 40.0 Å². The third-order valence-electron chi connectivity index (χ3n) is 7.95. The van der Waals surface area contributed by atoms with Crippen LogP contribution in [0, 0.1) is 13.8 Å². The van der Waals surface area contributed by atoms with E-state index in [2.05, 4.69) is 119 Å². The number of benzene rings is 5. The molecule has 0 radical (unpaired) electrons. The second-order valence-corrected chi connectivity index (χ2v) is 11.6. The van der Waals surface area contributed by atoms with Gasteiger partial charge in [-0.1, -0.05) is 106 Å². The highest BCUT2D eigenvalue weighted by Gasteiger charge is 2.24. The van der Waals surface area contributed by atoms with Gasteiger partial charge >= 0.3 is 0 Å². The van der Waals surface area contributed by atoms with E-state index in [9.17, 15) is 0 Å². The Morgan fingerprint density at radius 2 is 1.28 bits per heavy atom. The largest absolute Gasteiger partial charge is 0.213 e. The topological polar surface area (TPSA) is 3.88 Å². The summed E-state index contributed by atoms with van der Waals surface area (Å²) in [4.78, 5) is 0. The fourth-order valence-electron chi connectivity index (χ4n) is 5.77. The summed E-state index contributed by atoms with van der Waals surface area (Å²) in [7, 11) is 1.95. The molecule has 0 aliphatic rings. The monoisotopic (exact) mass is 509 g/mol. The summed E-state index contributed by atoms with van der Waals surface area (Å²) in [5.41, 5.74) is 8.73. The van der Waals surface area contributed by atoms with Gasteiger partial charge in [-0.3, -0.25) is 0 Å². The normalized spacial score (nSPS) is 13.3. The van der Waals surface area contributed by atoms with Crippen molar-refractivity contribution in [1.82, 2.24) is 0 Å². The van der Waals surface area contributed by atoms with Crippen LogP contribution in [0.2, 0.25) is 0 Å². The molecule has 0 spiro atoms. The second-order valence-electron chi connectivity index (χ2n) is 11.6. The first-order chi connectivity index (χ1) is 19.9. The number of nitrogens with zero attached hydrogens (tertiary/aromatic N) is 1. The summed E-state index contributed by atoms with van der Waals surface area (Å²) < 4.78 is 27.1. The van der Waals surface area contributed by atoms with Gasteiger partial charge in [0.2, 0.25) is 5.69 Å². The van der Waals surface area contributed by atoms with E-state index >= 15 is 0 Å². The lowest BCUT2D eigenvalue weighted by Gasteiger charge is -2.24. The number of fused-ring (bicyclic) bond motifs is 2. The van der Waals surface area contributed by atoms with Crippen LogP contribution in [0.15, 0.2) is 109 Å². The van der Waals surface area contributed by atoms with Crippen molar-refractivity contribution in [3.63, 3.8) is 0 Å². The van der Waals surface area contributed by atoms with Gasteiger partial charge in [0.05, 0.1) is 0 Å². The third kappa shape index (κ3) is 4.53. The lowest BCUT2D eigenvalue weighted by Crippen LogP contribution is -2.31. The van der Waals surface area contributed by atoms with Crippen LogP contribution >= 0.6 is 0 Å². The van der Waals surface area contributed by atoms with Crippen molar-refractivity contribution < 1.29 is 8.68 Å². The van der Waals surface area contributed by atoms with Gasteiger partial charge < -0.3 is 0 Å². The molecule has 0 bridgehead atoms. The third-order valence-corrected chi connectivity index (χ3v) is 7.95. The average Bonchev–Trinajstić information content (AvgIpc) is 2.96. The zero-order valence-electron chi connectivity index (χ0n) is 26.3. The van der Waals surface area contributed by atoms with Gasteiger partial charge in [-0.15, -0.1) is 0 Å². The van der Waals surface area contributed by atoms with E-state index in [1.807, 2.05) is 23.7 Å². The Bertz CT molecular complexity index is 1960. The Morgan fingerprint density at radius 3 is 2.00 bits per heavy atom. The van der Waals surface area contributed by atoms with Crippen LogP contribution in [0.1, 0.15) is 41.6 Å². The molecule has 0 aliphatic heterocycles.